The van der Waals surface area contributed by atoms with Gasteiger partial charge in [0.25, 0.3) is 0 Å². The zero-order valence-corrected chi connectivity index (χ0v) is 17.3. The van der Waals surface area contributed by atoms with Crippen molar-refractivity contribution in [2.45, 2.75) is 12.8 Å². The largest absolute Gasteiger partial charge is 0.490 e. The summed E-state index contributed by atoms with van der Waals surface area (Å²) in [6.07, 6.45) is 2.18. The molecule has 0 atom stereocenters. The number of hydrogen-bond acceptors (Lipinski definition) is 4. The summed E-state index contributed by atoms with van der Waals surface area (Å²) in [4.78, 5) is 14.6. The van der Waals surface area contributed by atoms with Crippen molar-refractivity contribution in [3.8, 4) is 23.6 Å². The van der Waals surface area contributed by atoms with Crippen molar-refractivity contribution in [2.24, 2.45) is 0 Å². The Labute approximate surface area is 183 Å². The van der Waals surface area contributed by atoms with Gasteiger partial charge >= 0.3 is 12.1 Å². The van der Waals surface area contributed by atoms with E-state index in [1.807, 2.05) is 24.3 Å². The van der Waals surface area contributed by atoms with Crippen LogP contribution in [0.4, 0.5) is 13.2 Å². The number of alkyl halides is 3. The van der Waals surface area contributed by atoms with E-state index in [9.17, 15) is 13.2 Å². The number of carbonyl (C=O) groups is 1. The van der Waals surface area contributed by atoms with Crippen LogP contribution in [-0.2, 0) is 16.1 Å². The van der Waals surface area contributed by atoms with E-state index in [0.717, 1.165) is 32.3 Å². The van der Waals surface area contributed by atoms with Crippen LogP contribution in [0, 0.1) is 12.3 Å². The number of rotatable bonds is 4. The Morgan fingerprint density at radius 1 is 1.26 bits per heavy atom. The highest BCUT2D eigenvalue weighted by Crippen LogP contribution is 2.30. The van der Waals surface area contributed by atoms with E-state index in [-0.39, 0.29) is 0 Å². The summed E-state index contributed by atoms with van der Waals surface area (Å²) in [5.41, 5.74) is 4.26. The van der Waals surface area contributed by atoms with Crippen molar-refractivity contribution in [2.75, 3.05) is 6.61 Å². The maximum Gasteiger partial charge on any atom is 0.490 e. The molecule has 4 aromatic rings. The van der Waals surface area contributed by atoms with E-state index in [1.165, 1.54) is 4.70 Å². The van der Waals surface area contributed by atoms with E-state index >= 15 is 0 Å². The molecular weight excluding hydrogens is 453 g/mol. The molecule has 0 fully saturated rings. The fourth-order valence-corrected chi connectivity index (χ4v) is 3.82. The van der Waals surface area contributed by atoms with Gasteiger partial charge in [-0.15, -0.1) is 6.42 Å². The number of imidazole rings is 1. The Bertz CT molecular complexity index is 1260. The monoisotopic (exact) mass is 466 g/mol. The molecular formula is C21H14ClF3N2O3S. The number of aromatic nitrogens is 2. The van der Waals surface area contributed by atoms with Gasteiger partial charge in [0.1, 0.15) is 6.61 Å². The zero-order valence-electron chi connectivity index (χ0n) is 15.7. The quantitative estimate of drug-likeness (QED) is 0.312. The summed E-state index contributed by atoms with van der Waals surface area (Å²) in [5, 5.41) is 7.85. The lowest BCUT2D eigenvalue weighted by Gasteiger charge is -2.01. The number of ether oxygens (including phenoxy) is 1. The van der Waals surface area contributed by atoms with Crippen LogP contribution in [0.3, 0.4) is 0 Å². The molecule has 5 nitrogen and oxygen atoms in total. The van der Waals surface area contributed by atoms with Crippen molar-refractivity contribution in [3.63, 3.8) is 0 Å². The molecule has 4 rings (SSSR count). The van der Waals surface area contributed by atoms with Gasteiger partial charge in [0, 0.05) is 16.8 Å². The summed E-state index contributed by atoms with van der Waals surface area (Å²) >= 11 is 7.61. The highest BCUT2D eigenvalue weighted by Gasteiger charge is 2.38. The lowest BCUT2D eigenvalue weighted by Crippen LogP contribution is -2.21. The Morgan fingerprint density at radius 3 is 2.55 bits per heavy atom. The smallest absolute Gasteiger partial charge is 0.475 e. The molecule has 31 heavy (non-hydrogen) atoms. The summed E-state index contributed by atoms with van der Waals surface area (Å²) in [5.74, 6) is -0.281. The first kappa shape index (κ1) is 22.6. The van der Waals surface area contributed by atoms with Gasteiger partial charge in [0.2, 0.25) is 0 Å². The Morgan fingerprint density at radius 2 is 1.94 bits per heavy atom. The number of fused-ring (bicyclic) bond motifs is 3. The SMILES string of the molecule is C#CCOCc1ccc2c(c1)sc1nc(-c3ccc(Cl)cc3)cn12.O=C(O)C(F)(F)F. The first-order valence-electron chi connectivity index (χ1n) is 8.67. The van der Waals surface area contributed by atoms with Gasteiger partial charge in [0.15, 0.2) is 4.96 Å². The van der Waals surface area contributed by atoms with E-state index in [2.05, 4.69) is 34.7 Å². The van der Waals surface area contributed by atoms with Gasteiger partial charge in [-0.25, -0.2) is 9.78 Å². The van der Waals surface area contributed by atoms with Crippen LogP contribution < -0.4 is 0 Å². The number of thiazole rings is 1. The number of terminal acetylenes is 1. The van der Waals surface area contributed by atoms with E-state index in [4.69, 9.17) is 37.6 Å². The van der Waals surface area contributed by atoms with Gasteiger partial charge in [-0.1, -0.05) is 47.1 Å². The number of aliphatic carboxylic acids is 1. The van der Waals surface area contributed by atoms with Crippen molar-refractivity contribution in [1.29, 1.82) is 0 Å². The Hall–Kier alpha value is -3.06. The van der Waals surface area contributed by atoms with E-state index < -0.39 is 12.1 Å². The third kappa shape index (κ3) is 5.55. The predicted molar refractivity (Wildman–Crippen MR) is 113 cm³/mol. The number of nitrogens with zero attached hydrogens (tertiary/aromatic N) is 2. The molecule has 0 saturated carbocycles. The molecule has 0 spiro atoms. The molecule has 0 unspecified atom stereocenters. The lowest BCUT2D eigenvalue weighted by atomic mass is 10.2. The minimum Gasteiger partial charge on any atom is -0.475 e. The maximum atomic E-state index is 10.6. The molecule has 1 N–H and O–H groups in total. The van der Waals surface area contributed by atoms with Crippen LogP contribution in [0.25, 0.3) is 26.4 Å². The molecule has 2 aromatic carbocycles. The summed E-state index contributed by atoms with van der Waals surface area (Å²) in [6.45, 7) is 0.854. The van der Waals surface area contributed by atoms with Crippen molar-refractivity contribution in [1.82, 2.24) is 9.38 Å². The number of hydrogen-bond donors (Lipinski definition) is 1. The van der Waals surface area contributed by atoms with Gasteiger partial charge in [-0.3, -0.25) is 4.40 Å². The van der Waals surface area contributed by atoms with Crippen LogP contribution in [0.2, 0.25) is 5.02 Å². The zero-order chi connectivity index (χ0) is 22.6. The number of carboxylic acids is 1. The van der Waals surface area contributed by atoms with Crippen LogP contribution in [0.1, 0.15) is 5.56 Å². The van der Waals surface area contributed by atoms with Gasteiger partial charge in [-0.05, 0) is 29.8 Å². The topological polar surface area (TPSA) is 63.8 Å². The maximum absolute atomic E-state index is 10.6. The molecule has 0 amide bonds. The molecule has 2 aromatic heterocycles. The van der Waals surface area contributed by atoms with Crippen LogP contribution in [-0.4, -0.2) is 33.2 Å². The Kier molecular flexibility index (Phi) is 6.85. The summed E-state index contributed by atoms with van der Waals surface area (Å²) in [7, 11) is 0. The summed E-state index contributed by atoms with van der Waals surface area (Å²) in [6, 6.07) is 14.0. The van der Waals surface area contributed by atoms with Crippen LogP contribution >= 0.6 is 22.9 Å². The molecule has 10 heteroatoms. The minimum absolute atomic E-state index is 0.330. The first-order chi connectivity index (χ1) is 14.7. The average Bonchev–Trinajstić information content (AvgIpc) is 3.26. The number of carboxylic acid groups (broad SMARTS) is 1. The fraction of sp³-hybridized carbons (Fsp3) is 0.143. The normalized spacial score (nSPS) is 11.2. The fourth-order valence-electron chi connectivity index (χ4n) is 2.62. The minimum atomic E-state index is -5.08. The van der Waals surface area contributed by atoms with Gasteiger partial charge in [-0.2, -0.15) is 13.2 Å². The molecule has 0 saturated heterocycles. The molecule has 0 radical (unpaired) electrons. The highest BCUT2D eigenvalue weighted by molar-refractivity contribution is 7.23. The molecule has 2 heterocycles. The van der Waals surface area contributed by atoms with Crippen molar-refractivity contribution >= 4 is 44.1 Å². The van der Waals surface area contributed by atoms with Crippen molar-refractivity contribution < 1.29 is 27.8 Å². The number of benzene rings is 2. The molecule has 160 valence electrons. The van der Waals surface area contributed by atoms with Crippen LogP contribution in [0.5, 0.6) is 0 Å². The number of halogens is 4. The molecule has 0 aliphatic heterocycles. The van der Waals surface area contributed by atoms with Gasteiger partial charge < -0.3 is 9.84 Å². The molecule has 0 bridgehead atoms. The van der Waals surface area contributed by atoms with Crippen molar-refractivity contribution in [3.05, 3.63) is 59.2 Å². The third-order valence-corrected chi connectivity index (χ3v) is 5.26. The summed E-state index contributed by atoms with van der Waals surface area (Å²) < 4.78 is 40.4. The van der Waals surface area contributed by atoms with Gasteiger partial charge in [0.05, 0.1) is 22.5 Å². The third-order valence-electron chi connectivity index (χ3n) is 4.00. The van der Waals surface area contributed by atoms with E-state index in [1.54, 1.807) is 11.3 Å². The molecule has 0 aliphatic rings. The first-order valence-corrected chi connectivity index (χ1v) is 9.86. The average molecular weight is 467 g/mol. The Balaban J connectivity index is 0.000000339. The second-order valence-corrected chi connectivity index (χ2v) is 7.64. The van der Waals surface area contributed by atoms with E-state index in [0.29, 0.717) is 13.2 Å². The predicted octanol–water partition coefficient (Wildman–Crippen LogP) is 5.65. The van der Waals surface area contributed by atoms with Crippen LogP contribution in [0.15, 0.2) is 48.7 Å². The highest BCUT2D eigenvalue weighted by atomic mass is 35.5. The lowest BCUT2D eigenvalue weighted by molar-refractivity contribution is -0.192. The second-order valence-electron chi connectivity index (χ2n) is 6.19. The second kappa shape index (κ2) is 9.39. The standard InChI is InChI=1S/C19H13ClN2OS.C2HF3O2/c1-2-9-23-12-13-3-8-17-18(10-13)24-19-21-16(11-22(17)19)14-4-6-15(20)7-5-14;3-2(4,5)1(6)7/h1,3-8,10-11H,9,12H2;(H,6,7). The molecule has 0 aliphatic carbocycles.